The Morgan fingerprint density at radius 2 is 1.80 bits per heavy atom. The number of hydrogen-bond donors (Lipinski definition) is 2. The molecule has 3 unspecified atom stereocenters. The molecule has 0 spiro atoms. The standard InChI is InChI=1S/C19H31N3O.2ClH/c1-15-11-16(2)14-22(13-15)10-6-9-21-19(23)12-18(20)17-7-4-3-5-8-17;;/h3-5,7-8,15-16,18H,6,9-14,20H2,1-2H3,(H,21,23);2*1H. The van der Waals surface area contributed by atoms with Crippen molar-refractivity contribution in [3.8, 4) is 0 Å². The van der Waals surface area contributed by atoms with E-state index in [2.05, 4.69) is 24.1 Å². The Bertz CT molecular complexity index is 477. The minimum Gasteiger partial charge on any atom is -0.356 e. The lowest BCUT2D eigenvalue weighted by atomic mass is 9.92. The van der Waals surface area contributed by atoms with Gasteiger partial charge in [0.1, 0.15) is 0 Å². The average molecular weight is 390 g/mol. The van der Waals surface area contributed by atoms with Crippen molar-refractivity contribution in [1.82, 2.24) is 10.2 Å². The Morgan fingerprint density at radius 3 is 2.40 bits per heavy atom. The molecule has 1 fully saturated rings. The summed E-state index contributed by atoms with van der Waals surface area (Å²) in [6.07, 6.45) is 2.69. The highest BCUT2D eigenvalue weighted by molar-refractivity contribution is 5.85. The summed E-state index contributed by atoms with van der Waals surface area (Å²) < 4.78 is 0. The molecular weight excluding hydrogens is 357 g/mol. The van der Waals surface area contributed by atoms with E-state index >= 15 is 0 Å². The van der Waals surface area contributed by atoms with Crippen LogP contribution in [-0.2, 0) is 4.79 Å². The predicted octanol–water partition coefficient (Wildman–Crippen LogP) is 3.40. The zero-order chi connectivity index (χ0) is 16.7. The fourth-order valence-electron chi connectivity index (χ4n) is 3.60. The first kappa shape index (κ1) is 24.2. The largest absolute Gasteiger partial charge is 0.356 e. The molecule has 0 aliphatic carbocycles. The van der Waals surface area contributed by atoms with Crippen LogP contribution in [0.3, 0.4) is 0 Å². The van der Waals surface area contributed by atoms with E-state index in [1.165, 1.54) is 19.5 Å². The van der Waals surface area contributed by atoms with Gasteiger partial charge in [-0.05, 0) is 36.8 Å². The zero-order valence-electron chi connectivity index (χ0n) is 15.3. The molecule has 1 amide bonds. The van der Waals surface area contributed by atoms with Crippen LogP contribution in [0.4, 0.5) is 0 Å². The Balaban J connectivity index is 0.00000288. The number of carbonyl (C=O) groups excluding carboxylic acids is 1. The highest BCUT2D eigenvalue weighted by Crippen LogP contribution is 2.20. The van der Waals surface area contributed by atoms with Crippen molar-refractivity contribution in [2.45, 2.75) is 39.2 Å². The minimum absolute atomic E-state index is 0. The van der Waals surface area contributed by atoms with Gasteiger partial charge in [-0.25, -0.2) is 0 Å². The molecule has 144 valence electrons. The lowest BCUT2D eigenvalue weighted by Gasteiger charge is -2.34. The van der Waals surface area contributed by atoms with Gasteiger partial charge in [0.05, 0.1) is 0 Å². The summed E-state index contributed by atoms with van der Waals surface area (Å²) >= 11 is 0. The normalized spacial score (nSPS) is 21.6. The monoisotopic (exact) mass is 389 g/mol. The molecule has 0 saturated carbocycles. The number of carbonyl (C=O) groups is 1. The van der Waals surface area contributed by atoms with E-state index in [0.29, 0.717) is 6.42 Å². The summed E-state index contributed by atoms with van der Waals surface area (Å²) in [5, 5.41) is 3.00. The van der Waals surface area contributed by atoms with Gasteiger partial charge in [0.2, 0.25) is 5.91 Å². The molecule has 1 aromatic carbocycles. The van der Waals surface area contributed by atoms with E-state index in [4.69, 9.17) is 5.73 Å². The molecule has 0 bridgehead atoms. The van der Waals surface area contributed by atoms with Gasteiger partial charge in [0.25, 0.3) is 0 Å². The number of nitrogens with two attached hydrogens (primary N) is 1. The van der Waals surface area contributed by atoms with Crippen LogP contribution in [0, 0.1) is 11.8 Å². The maximum absolute atomic E-state index is 12.0. The van der Waals surface area contributed by atoms with E-state index in [1.54, 1.807) is 0 Å². The molecule has 0 radical (unpaired) electrons. The summed E-state index contributed by atoms with van der Waals surface area (Å²) in [6, 6.07) is 9.58. The maximum Gasteiger partial charge on any atom is 0.221 e. The number of nitrogens with zero attached hydrogens (tertiary/aromatic N) is 1. The van der Waals surface area contributed by atoms with Crippen LogP contribution in [-0.4, -0.2) is 37.0 Å². The first-order valence-corrected chi connectivity index (χ1v) is 8.84. The number of benzene rings is 1. The fraction of sp³-hybridized carbons (Fsp3) is 0.632. The number of halogens is 2. The van der Waals surface area contributed by atoms with Gasteiger partial charge >= 0.3 is 0 Å². The first-order valence-electron chi connectivity index (χ1n) is 8.84. The lowest BCUT2D eigenvalue weighted by Crippen LogP contribution is -2.40. The van der Waals surface area contributed by atoms with Crippen LogP contribution in [0.15, 0.2) is 30.3 Å². The SMILES string of the molecule is CC1CC(C)CN(CCCNC(=O)CC(N)c2ccccc2)C1.Cl.Cl. The van der Waals surface area contributed by atoms with Crippen LogP contribution in [0.25, 0.3) is 0 Å². The van der Waals surface area contributed by atoms with Gasteiger partial charge in [-0.2, -0.15) is 0 Å². The third kappa shape index (κ3) is 8.91. The van der Waals surface area contributed by atoms with Crippen LogP contribution < -0.4 is 11.1 Å². The molecule has 25 heavy (non-hydrogen) atoms. The van der Waals surface area contributed by atoms with Gasteiger partial charge in [0, 0.05) is 32.1 Å². The molecule has 3 atom stereocenters. The van der Waals surface area contributed by atoms with Crippen LogP contribution in [0.2, 0.25) is 0 Å². The van der Waals surface area contributed by atoms with E-state index < -0.39 is 0 Å². The van der Waals surface area contributed by atoms with Crippen molar-refractivity contribution in [3.63, 3.8) is 0 Å². The molecule has 1 aliphatic heterocycles. The summed E-state index contributed by atoms with van der Waals surface area (Å²) in [5.41, 5.74) is 7.09. The third-order valence-corrected chi connectivity index (χ3v) is 4.55. The van der Waals surface area contributed by atoms with Crippen molar-refractivity contribution < 1.29 is 4.79 Å². The van der Waals surface area contributed by atoms with Crippen molar-refractivity contribution in [2.75, 3.05) is 26.2 Å². The number of likely N-dealkylation sites (tertiary alicyclic amines) is 1. The number of hydrogen-bond acceptors (Lipinski definition) is 3. The van der Waals surface area contributed by atoms with Crippen molar-refractivity contribution in [1.29, 1.82) is 0 Å². The molecule has 1 heterocycles. The molecule has 0 aromatic heterocycles. The molecule has 1 aliphatic rings. The summed E-state index contributed by atoms with van der Waals surface area (Å²) in [4.78, 5) is 14.5. The number of rotatable bonds is 7. The summed E-state index contributed by atoms with van der Waals surface area (Å²) in [7, 11) is 0. The van der Waals surface area contributed by atoms with Crippen LogP contribution >= 0.6 is 24.8 Å². The highest BCUT2D eigenvalue weighted by atomic mass is 35.5. The Labute approximate surface area is 164 Å². The fourth-order valence-corrected chi connectivity index (χ4v) is 3.60. The molecule has 6 heteroatoms. The molecular formula is C19H33Cl2N3O. The number of nitrogens with one attached hydrogen (secondary N) is 1. The predicted molar refractivity (Wildman–Crippen MR) is 109 cm³/mol. The molecule has 2 rings (SSSR count). The summed E-state index contributed by atoms with van der Waals surface area (Å²) in [6.45, 7) is 8.85. The van der Waals surface area contributed by atoms with Crippen LogP contribution in [0.5, 0.6) is 0 Å². The molecule has 4 nitrogen and oxygen atoms in total. The minimum atomic E-state index is -0.222. The first-order chi connectivity index (χ1) is 11.0. The second-order valence-electron chi connectivity index (χ2n) is 7.13. The van der Waals surface area contributed by atoms with E-state index in [9.17, 15) is 4.79 Å². The smallest absolute Gasteiger partial charge is 0.221 e. The van der Waals surface area contributed by atoms with E-state index in [1.807, 2.05) is 30.3 Å². The number of amides is 1. The topological polar surface area (TPSA) is 58.4 Å². The Morgan fingerprint density at radius 1 is 1.20 bits per heavy atom. The second kappa shape index (κ2) is 12.5. The maximum atomic E-state index is 12.0. The van der Waals surface area contributed by atoms with Crippen LogP contribution in [0.1, 0.15) is 44.7 Å². The summed E-state index contributed by atoms with van der Waals surface area (Å²) in [5.74, 6) is 1.62. The van der Waals surface area contributed by atoms with Gasteiger partial charge < -0.3 is 16.0 Å². The molecule has 1 aromatic rings. The van der Waals surface area contributed by atoms with E-state index in [-0.39, 0.29) is 36.8 Å². The second-order valence-corrected chi connectivity index (χ2v) is 7.13. The van der Waals surface area contributed by atoms with E-state index in [0.717, 1.165) is 36.9 Å². The lowest BCUT2D eigenvalue weighted by molar-refractivity contribution is -0.121. The Kier molecular flexibility index (Phi) is 12.1. The third-order valence-electron chi connectivity index (χ3n) is 4.55. The average Bonchev–Trinajstić information content (AvgIpc) is 2.51. The molecule has 1 saturated heterocycles. The quantitative estimate of drug-likeness (QED) is 0.702. The zero-order valence-corrected chi connectivity index (χ0v) is 17.0. The van der Waals surface area contributed by atoms with Crippen molar-refractivity contribution in [3.05, 3.63) is 35.9 Å². The van der Waals surface area contributed by atoms with Gasteiger partial charge in [-0.1, -0.05) is 44.2 Å². The van der Waals surface area contributed by atoms with Crippen molar-refractivity contribution in [2.24, 2.45) is 17.6 Å². The van der Waals surface area contributed by atoms with Gasteiger partial charge in [0.15, 0.2) is 0 Å². The number of piperidine rings is 1. The van der Waals surface area contributed by atoms with Gasteiger partial charge in [-0.3, -0.25) is 4.79 Å². The van der Waals surface area contributed by atoms with Gasteiger partial charge in [-0.15, -0.1) is 24.8 Å². The molecule has 3 N–H and O–H groups in total. The highest BCUT2D eigenvalue weighted by Gasteiger charge is 2.21. The Hall–Kier alpha value is -0.810. The van der Waals surface area contributed by atoms with Crippen molar-refractivity contribution >= 4 is 30.7 Å².